The van der Waals surface area contributed by atoms with Gasteiger partial charge >= 0.3 is 6.09 Å². The molecule has 2 aromatic carbocycles. The Balaban J connectivity index is 2.09. The SMILES string of the molecule is COc1ccccc1NC(=O)Oc1ccc(Br)cc1Br. The Morgan fingerprint density at radius 3 is 2.55 bits per heavy atom. The molecule has 20 heavy (non-hydrogen) atoms. The first kappa shape index (κ1) is 14.9. The van der Waals surface area contributed by atoms with Crippen LogP contribution in [0.3, 0.4) is 0 Å². The van der Waals surface area contributed by atoms with Crippen LogP contribution in [0.15, 0.2) is 51.4 Å². The number of carbonyl (C=O) groups is 1. The maximum Gasteiger partial charge on any atom is 0.417 e. The van der Waals surface area contributed by atoms with Crippen LogP contribution in [-0.2, 0) is 0 Å². The Kier molecular flexibility index (Phi) is 5.03. The first-order valence-corrected chi connectivity index (χ1v) is 7.25. The first-order valence-electron chi connectivity index (χ1n) is 5.67. The fourth-order valence-electron chi connectivity index (χ4n) is 1.54. The number of hydrogen-bond acceptors (Lipinski definition) is 3. The molecule has 6 heteroatoms. The number of hydrogen-bond donors (Lipinski definition) is 1. The largest absolute Gasteiger partial charge is 0.495 e. The van der Waals surface area contributed by atoms with Crippen molar-refractivity contribution in [2.45, 2.75) is 0 Å². The first-order chi connectivity index (χ1) is 9.60. The van der Waals surface area contributed by atoms with E-state index in [1.165, 1.54) is 7.11 Å². The van der Waals surface area contributed by atoms with E-state index in [4.69, 9.17) is 9.47 Å². The van der Waals surface area contributed by atoms with Crippen LogP contribution < -0.4 is 14.8 Å². The lowest BCUT2D eigenvalue weighted by atomic mass is 10.3. The van der Waals surface area contributed by atoms with Crippen molar-refractivity contribution in [3.05, 3.63) is 51.4 Å². The Bertz CT molecular complexity index is 632. The number of nitrogens with one attached hydrogen (secondary N) is 1. The van der Waals surface area contributed by atoms with Gasteiger partial charge in [-0.25, -0.2) is 4.79 Å². The molecule has 0 atom stereocenters. The van der Waals surface area contributed by atoms with Gasteiger partial charge in [0.1, 0.15) is 11.5 Å². The lowest BCUT2D eigenvalue weighted by molar-refractivity contribution is 0.214. The highest BCUT2D eigenvalue weighted by Crippen LogP contribution is 2.29. The zero-order valence-electron chi connectivity index (χ0n) is 10.5. The van der Waals surface area contributed by atoms with E-state index < -0.39 is 6.09 Å². The third kappa shape index (κ3) is 3.74. The topological polar surface area (TPSA) is 47.6 Å². The molecule has 2 rings (SSSR count). The van der Waals surface area contributed by atoms with Gasteiger partial charge in [-0.05, 0) is 46.3 Å². The van der Waals surface area contributed by atoms with Gasteiger partial charge in [0.05, 0.1) is 17.3 Å². The van der Waals surface area contributed by atoms with Crippen LogP contribution >= 0.6 is 31.9 Å². The van der Waals surface area contributed by atoms with E-state index in [1.54, 1.807) is 36.4 Å². The van der Waals surface area contributed by atoms with Crippen molar-refractivity contribution < 1.29 is 14.3 Å². The second-order valence-electron chi connectivity index (χ2n) is 3.79. The van der Waals surface area contributed by atoms with Gasteiger partial charge in [0.2, 0.25) is 0 Å². The minimum atomic E-state index is -0.586. The van der Waals surface area contributed by atoms with Crippen molar-refractivity contribution in [1.29, 1.82) is 0 Å². The smallest absolute Gasteiger partial charge is 0.417 e. The summed E-state index contributed by atoms with van der Waals surface area (Å²) in [4.78, 5) is 11.9. The van der Waals surface area contributed by atoms with Crippen molar-refractivity contribution in [1.82, 2.24) is 0 Å². The number of methoxy groups -OCH3 is 1. The normalized spacial score (nSPS) is 9.95. The number of amides is 1. The molecule has 2 aromatic rings. The van der Waals surface area contributed by atoms with Gasteiger partial charge < -0.3 is 9.47 Å². The molecule has 4 nitrogen and oxygen atoms in total. The molecule has 0 aromatic heterocycles. The highest BCUT2D eigenvalue weighted by molar-refractivity contribution is 9.11. The monoisotopic (exact) mass is 399 g/mol. The van der Waals surface area contributed by atoms with Crippen LogP contribution in [-0.4, -0.2) is 13.2 Å². The van der Waals surface area contributed by atoms with E-state index in [0.717, 1.165) is 4.47 Å². The molecule has 0 saturated heterocycles. The summed E-state index contributed by atoms with van der Waals surface area (Å²) in [5.74, 6) is 1.000. The molecular weight excluding hydrogens is 390 g/mol. The molecule has 0 saturated carbocycles. The quantitative estimate of drug-likeness (QED) is 0.802. The molecular formula is C14H11Br2NO3. The van der Waals surface area contributed by atoms with Crippen LogP contribution in [0.25, 0.3) is 0 Å². The van der Waals surface area contributed by atoms with Crippen LogP contribution in [0.5, 0.6) is 11.5 Å². The van der Waals surface area contributed by atoms with Gasteiger partial charge in [-0.3, -0.25) is 5.32 Å². The van der Waals surface area contributed by atoms with Gasteiger partial charge in [0, 0.05) is 4.47 Å². The van der Waals surface area contributed by atoms with Crippen LogP contribution in [0, 0.1) is 0 Å². The summed E-state index contributed by atoms with van der Waals surface area (Å²) in [7, 11) is 1.54. The lowest BCUT2D eigenvalue weighted by Gasteiger charge is -2.11. The number of halogens is 2. The molecule has 0 unspecified atom stereocenters. The number of anilines is 1. The number of para-hydroxylation sites is 2. The molecule has 0 aliphatic rings. The minimum absolute atomic E-state index is 0.431. The Labute approximate surface area is 133 Å². The van der Waals surface area contributed by atoms with Gasteiger partial charge in [-0.2, -0.15) is 0 Å². The molecule has 1 amide bonds. The van der Waals surface area contributed by atoms with E-state index in [9.17, 15) is 4.79 Å². The molecule has 1 N–H and O–H groups in total. The fourth-order valence-corrected chi connectivity index (χ4v) is 2.67. The molecule has 0 aliphatic heterocycles. The predicted molar refractivity (Wildman–Crippen MR) is 84.5 cm³/mol. The van der Waals surface area contributed by atoms with Crippen LogP contribution in [0.4, 0.5) is 10.5 Å². The number of rotatable bonds is 3. The van der Waals surface area contributed by atoms with Crippen molar-refractivity contribution in [2.24, 2.45) is 0 Å². The summed E-state index contributed by atoms with van der Waals surface area (Å²) in [6, 6.07) is 12.4. The summed E-state index contributed by atoms with van der Waals surface area (Å²) in [6.45, 7) is 0. The van der Waals surface area contributed by atoms with Gasteiger partial charge in [0.25, 0.3) is 0 Å². The molecule has 0 aliphatic carbocycles. The average Bonchev–Trinajstić information content (AvgIpc) is 2.42. The van der Waals surface area contributed by atoms with E-state index >= 15 is 0 Å². The maximum atomic E-state index is 11.9. The standard InChI is InChI=1S/C14H11Br2NO3/c1-19-13-5-3-2-4-11(13)17-14(18)20-12-7-6-9(15)8-10(12)16/h2-8H,1H3,(H,17,18). The zero-order chi connectivity index (χ0) is 14.5. The zero-order valence-corrected chi connectivity index (χ0v) is 13.7. The van der Waals surface area contributed by atoms with Crippen molar-refractivity contribution >= 4 is 43.6 Å². The maximum absolute atomic E-state index is 11.9. The van der Waals surface area contributed by atoms with Gasteiger partial charge in [-0.1, -0.05) is 28.1 Å². The van der Waals surface area contributed by atoms with Crippen LogP contribution in [0.2, 0.25) is 0 Å². The molecule has 0 heterocycles. The van der Waals surface area contributed by atoms with Crippen molar-refractivity contribution in [2.75, 3.05) is 12.4 Å². The number of benzene rings is 2. The van der Waals surface area contributed by atoms with E-state index in [-0.39, 0.29) is 0 Å². The summed E-state index contributed by atoms with van der Waals surface area (Å²) < 4.78 is 12.0. The summed E-state index contributed by atoms with van der Waals surface area (Å²) in [5.41, 5.74) is 0.549. The number of ether oxygens (including phenoxy) is 2. The second-order valence-corrected chi connectivity index (χ2v) is 5.56. The summed E-state index contributed by atoms with van der Waals surface area (Å²) in [6.07, 6.45) is -0.586. The Morgan fingerprint density at radius 2 is 1.85 bits per heavy atom. The summed E-state index contributed by atoms with van der Waals surface area (Å²) in [5, 5.41) is 2.63. The minimum Gasteiger partial charge on any atom is -0.495 e. The van der Waals surface area contributed by atoms with Crippen molar-refractivity contribution in [3.8, 4) is 11.5 Å². The highest BCUT2D eigenvalue weighted by atomic mass is 79.9. The van der Waals surface area contributed by atoms with Crippen LogP contribution in [0.1, 0.15) is 0 Å². The van der Waals surface area contributed by atoms with E-state index in [1.807, 2.05) is 6.07 Å². The van der Waals surface area contributed by atoms with Crippen molar-refractivity contribution in [3.63, 3.8) is 0 Å². The lowest BCUT2D eigenvalue weighted by Crippen LogP contribution is -2.17. The Hall–Kier alpha value is -1.53. The fraction of sp³-hybridized carbons (Fsp3) is 0.0714. The highest BCUT2D eigenvalue weighted by Gasteiger charge is 2.11. The van der Waals surface area contributed by atoms with E-state index in [0.29, 0.717) is 21.7 Å². The molecule has 104 valence electrons. The van der Waals surface area contributed by atoms with E-state index in [2.05, 4.69) is 37.2 Å². The second kappa shape index (κ2) is 6.76. The molecule has 0 radical (unpaired) electrons. The third-order valence-electron chi connectivity index (χ3n) is 2.44. The third-order valence-corrected chi connectivity index (χ3v) is 3.55. The molecule has 0 bridgehead atoms. The average molecular weight is 401 g/mol. The Morgan fingerprint density at radius 1 is 1.10 bits per heavy atom. The molecule has 0 spiro atoms. The summed E-state index contributed by atoms with van der Waals surface area (Å²) >= 11 is 6.66. The van der Waals surface area contributed by atoms with Gasteiger partial charge in [0.15, 0.2) is 0 Å². The number of carbonyl (C=O) groups excluding carboxylic acids is 1. The predicted octanol–water partition coefficient (Wildman–Crippen LogP) is 4.83. The molecule has 0 fully saturated rings. The van der Waals surface area contributed by atoms with Gasteiger partial charge in [-0.15, -0.1) is 0 Å².